The molecule has 0 aliphatic carbocycles. The molecule has 33 heavy (non-hydrogen) atoms. The molecular weight excluding hydrogens is 460 g/mol. The smallest absolute Gasteiger partial charge is 0.251 e. The number of sulfonamides is 1. The summed E-state index contributed by atoms with van der Waals surface area (Å²) < 4.78 is 31.3. The highest BCUT2D eigenvalue weighted by molar-refractivity contribution is 7.92. The van der Waals surface area contributed by atoms with Gasteiger partial charge in [-0.15, -0.1) is 0 Å². The minimum Gasteiger partial charge on any atom is -0.495 e. The number of halogens is 1. The quantitative estimate of drug-likeness (QED) is 0.469. The van der Waals surface area contributed by atoms with Crippen LogP contribution < -0.4 is 14.4 Å². The number of anilines is 1. The summed E-state index contributed by atoms with van der Waals surface area (Å²) in [5, 5.41) is 3.27. The Hall–Kier alpha value is -3.03. The van der Waals surface area contributed by atoms with Crippen molar-refractivity contribution < 1.29 is 17.9 Å². The number of nitrogens with zero attached hydrogens (tertiary/aromatic N) is 1. The molecule has 6 nitrogen and oxygen atoms in total. The predicted molar refractivity (Wildman–Crippen MR) is 133 cm³/mol. The van der Waals surface area contributed by atoms with Gasteiger partial charge in [0.1, 0.15) is 5.75 Å². The maximum absolute atomic E-state index is 12.5. The lowest BCUT2D eigenvalue weighted by molar-refractivity contribution is 0.0951. The zero-order valence-electron chi connectivity index (χ0n) is 18.8. The van der Waals surface area contributed by atoms with Crippen molar-refractivity contribution in [1.82, 2.24) is 5.32 Å². The van der Waals surface area contributed by atoms with Gasteiger partial charge in [0.2, 0.25) is 10.0 Å². The summed E-state index contributed by atoms with van der Waals surface area (Å²) in [7, 11) is -2.07. The molecule has 3 aromatic carbocycles. The monoisotopic (exact) mass is 486 g/mol. The average Bonchev–Trinajstić information content (AvgIpc) is 2.81. The number of methoxy groups -OCH3 is 1. The molecule has 0 saturated carbocycles. The van der Waals surface area contributed by atoms with E-state index in [4.69, 9.17) is 16.3 Å². The van der Waals surface area contributed by atoms with Crippen LogP contribution in [0.5, 0.6) is 5.75 Å². The molecule has 174 valence electrons. The van der Waals surface area contributed by atoms with E-state index >= 15 is 0 Å². The molecule has 0 bridgehead atoms. The van der Waals surface area contributed by atoms with E-state index in [1.165, 1.54) is 11.4 Å². The van der Waals surface area contributed by atoms with Crippen molar-refractivity contribution in [2.75, 3.05) is 24.2 Å². The molecule has 8 heteroatoms. The molecule has 3 rings (SSSR count). The van der Waals surface area contributed by atoms with Crippen molar-refractivity contribution >= 4 is 33.2 Å². The van der Waals surface area contributed by atoms with Gasteiger partial charge in [0, 0.05) is 12.1 Å². The summed E-state index contributed by atoms with van der Waals surface area (Å²) in [5.74, 6) is 0.478. The van der Waals surface area contributed by atoms with Crippen LogP contribution in [-0.4, -0.2) is 34.2 Å². The van der Waals surface area contributed by atoms with Crippen molar-refractivity contribution in [3.05, 3.63) is 94.5 Å². The second kappa shape index (κ2) is 10.7. The summed E-state index contributed by atoms with van der Waals surface area (Å²) >= 11 is 6.18. The third kappa shape index (κ3) is 6.49. The van der Waals surface area contributed by atoms with Crippen LogP contribution in [0.1, 0.15) is 34.3 Å². The third-order valence-corrected chi connectivity index (χ3v) is 6.74. The van der Waals surface area contributed by atoms with Gasteiger partial charge >= 0.3 is 0 Å². The molecule has 1 atom stereocenters. The lowest BCUT2D eigenvalue weighted by Gasteiger charge is -2.23. The zero-order valence-corrected chi connectivity index (χ0v) is 20.4. The van der Waals surface area contributed by atoms with Crippen LogP contribution in [0.25, 0.3) is 0 Å². The predicted octanol–water partition coefficient (Wildman–Crippen LogP) is 4.85. The number of ether oxygens (including phenoxy) is 1. The lowest BCUT2D eigenvalue weighted by Crippen LogP contribution is -2.29. The largest absolute Gasteiger partial charge is 0.495 e. The van der Waals surface area contributed by atoms with Crippen LogP contribution in [0, 0.1) is 0 Å². The van der Waals surface area contributed by atoms with Gasteiger partial charge in [0.15, 0.2) is 0 Å². The van der Waals surface area contributed by atoms with Crippen LogP contribution in [0.4, 0.5) is 5.69 Å². The summed E-state index contributed by atoms with van der Waals surface area (Å²) in [5.41, 5.74) is 2.84. The van der Waals surface area contributed by atoms with E-state index in [1.807, 2.05) is 30.3 Å². The Morgan fingerprint density at radius 2 is 1.73 bits per heavy atom. The first-order valence-corrected chi connectivity index (χ1v) is 12.6. The van der Waals surface area contributed by atoms with Crippen LogP contribution in [0.15, 0.2) is 72.8 Å². The first kappa shape index (κ1) is 24.6. The maximum Gasteiger partial charge on any atom is 0.251 e. The minimum absolute atomic E-state index is 0.106. The molecule has 0 fully saturated rings. The molecule has 0 radical (unpaired) electrons. The molecule has 0 saturated heterocycles. The first-order chi connectivity index (χ1) is 15.7. The molecule has 0 aromatic heterocycles. The van der Waals surface area contributed by atoms with Gasteiger partial charge in [-0.05, 0) is 47.4 Å². The van der Waals surface area contributed by atoms with Crippen molar-refractivity contribution in [1.29, 1.82) is 0 Å². The Morgan fingerprint density at radius 1 is 1.06 bits per heavy atom. The Labute approximate surface area is 200 Å². The van der Waals surface area contributed by atoms with Crippen LogP contribution in [0.3, 0.4) is 0 Å². The van der Waals surface area contributed by atoms with E-state index in [0.29, 0.717) is 28.6 Å². The molecule has 0 unspecified atom stereocenters. The highest BCUT2D eigenvalue weighted by Gasteiger charge is 2.19. The molecule has 0 aliphatic rings. The number of amides is 1. The van der Waals surface area contributed by atoms with E-state index in [0.717, 1.165) is 17.4 Å². The fourth-order valence-electron chi connectivity index (χ4n) is 3.39. The second-order valence-corrected chi connectivity index (χ2v) is 10.1. The summed E-state index contributed by atoms with van der Waals surface area (Å²) in [6.07, 6.45) is 1.14. The highest BCUT2D eigenvalue weighted by Crippen LogP contribution is 2.31. The SMILES string of the molecule is COc1ccc(N(Cc2ccc(C(=O)NC[C@@H](C)c3ccccc3)cc2)S(C)(=O)=O)cc1Cl. The minimum atomic E-state index is -3.57. The highest BCUT2D eigenvalue weighted by atomic mass is 35.5. The topological polar surface area (TPSA) is 75.7 Å². The molecule has 3 aromatic rings. The molecule has 0 aliphatic heterocycles. The van der Waals surface area contributed by atoms with Crippen molar-refractivity contribution in [2.45, 2.75) is 19.4 Å². The molecule has 0 heterocycles. The number of hydrogen-bond acceptors (Lipinski definition) is 4. The van der Waals surface area contributed by atoms with E-state index in [9.17, 15) is 13.2 Å². The standard InChI is InChI=1S/C25H27ClN2O4S/c1-18(20-7-5-4-6-8-20)16-27-25(29)21-11-9-19(10-12-21)17-28(33(3,30)31)22-13-14-24(32-2)23(26)15-22/h4-15,18H,16-17H2,1-3H3,(H,27,29)/t18-/m1/s1. The summed E-state index contributed by atoms with van der Waals surface area (Å²) in [6.45, 7) is 2.68. The van der Waals surface area contributed by atoms with E-state index in [2.05, 4.69) is 12.2 Å². The van der Waals surface area contributed by atoms with Crippen LogP contribution >= 0.6 is 11.6 Å². The molecule has 1 N–H and O–H groups in total. The number of nitrogens with one attached hydrogen (secondary N) is 1. The zero-order chi connectivity index (χ0) is 24.0. The molecular formula is C25H27ClN2O4S. The lowest BCUT2D eigenvalue weighted by atomic mass is 10.0. The molecule has 1 amide bonds. The Bertz CT molecular complexity index is 1200. The van der Waals surface area contributed by atoms with Gasteiger partial charge in [-0.3, -0.25) is 9.10 Å². The Morgan fingerprint density at radius 3 is 2.30 bits per heavy atom. The van der Waals surface area contributed by atoms with E-state index < -0.39 is 10.0 Å². The third-order valence-electron chi connectivity index (χ3n) is 5.30. The Balaban J connectivity index is 1.69. The Kier molecular flexibility index (Phi) is 8.00. The number of benzene rings is 3. The van der Waals surface area contributed by atoms with Gasteiger partial charge in [-0.2, -0.15) is 0 Å². The number of carbonyl (C=O) groups excluding carboxylic acids is 1. The normalized spacial score (nSPS) is 12.1. The first-order valence-electron chi connectivity index (χ1n) is 10.4. The van der Waals surface area contributed by atoms with E-state index in [1.54, 1.807) is 42.5 Å². The maximum atomic E-state index is 12.5. The number of carbonyl (C=O) groups is 1. The summed E-state index contributed by atoms with van der Waals surface area (Å²) in [4.78, 5) is 12.5. The number of rotatable bonds is 9. The fraction of sp³-hybridized carbons (Fsp3) is 0.240. The van der Waals surface area contributed by atoms with Gasteiger partial charge in [-0.25, -0.2) is 8.42 Å². The van der Waals surface area contributed by atoms with Gasteiger partial charge < -0.3 is 10.1 Å². The van der Waals surface area contributed by atoms with Gasteiger partial charge in [0.05, 0.1) is 30.6 Å². The van der Waals surface area contributed by atoms with Crippen LogP contribution in [0.2, 0.25) is 5.02 Å². The van der Waals surface area contributed by atoms with Crippen molar-refractivity contribution in [2.24, 2.45) is 0 Å². The van der Waals surface area contributed by atoms with E-state index in [-0.39, 0.29) is 18.4 Å². The number of hydrogen-bond donors (Lipinski definition) is 1. The fourth-order valence-corrected chi connectivity index (χ4v) is 4.52. The van der Waals surface area contributed by atoms with Gasteiger partial charge in [0.25, 0.3) is 5.91 Å². The van der Waals surface area contributed by atoms with Gasteiger partial charge in [-0.1, -0.05) is 61.0 Å². The molecule has 0 spiro atoms. The van der Waals surface area contributed by atoms with Crippen LogP contribution in [-0.2, 0) is 16.6 Å². The second-order valence-electron chi connectivity index (χ2n) is 7.81. The van der Waals surface area contributed by atoms with Crippen molar-refractivity contribution in [3.63, 3.8) is 0 Å². The van der Waals surface area contributed by atoms with Crippen molar-refractivity contribution in [3.8, 4) is 5.75 Å². The summed E-state index contributed by atoms with van der Waals surface area (Å²) in [6, 6.07) is 21.7. The average molecular weight is 487 g/mol.